The van der Waals surface area contributed by atoms with Crippen molar-refractivity contribution in [2.75, 3.05) is 13.2 Å². The molecule has 0 bridgehead atoms. The summed E-state index contributed by atoms with van der Waals surface area (Å²) >= 11 is 0. The second-order valence-corrected chi connectivity index (χ2v) is 6.14. The third-order valence-corrected chi connectivity index (χ3v) is 4.11. The highest BCUT2D eigenvalue weighted by molar-refractivity contribution is 6.47. The van der Waals surface area contributed by atoms with Gasteiger partial charge in [0.05, 0.1) is 17.8 Å². The first kappa shape index (κ1) is 13.3. The summed E-state index contributed by atoms with van der Waals surface area (Å²) < 4.78 is 17.4. The molecule has 5 heteroatoms. The van der Waals surface area contributed by atoms with Gasteiger partial charge in [-0.3, -0.25) is 0 Å². The van der Waals surface area contributed by atoms with E-state index >= 15 is 0 Å². The lowest BCUT2D eigenvalue weighted by atomic mass is 9.79. The Hall–Kier alpha value is -0.0951. The molecule has 0 saturated carbocycles. The van der Waals surface area contributed by atoms with Gasteiger partial charge in [-0.15, -0.1) is 0 Å². The third kappa shape index (κ3) is 2.68. The molecule has 17 heavy (non-hydrogen) atoms. The molecule has 2 aliphatic heterocycles. The van der Waals surface area contributed by atoms with E-state index in [1.54, 1.807) is 0 Å². The Morgan fingerprint density at radius 1 is 1.18 bits per heavy atom. The van der Waals surface area contributed by atoms with Crippen LogP contribution in [-0.2, 0) is 14.0 Å². The van der Waals surface area contributed by atoms with Crippen molar-refractivity contribution in [2.24, 2.45) is 0 Å². The molecule has 2 aliphatic rings. The maximum atomic E-state index is 6.01. The first-order valence-electron chi connectivity index (χ1n) is 6.51. The van der Waals surface area contributed by atoms with Crippen molar-refractivity contribution in [2.45, 2.75) is 64.2 Å². The Morgan fingerprint density at radius 2 is 1.76 bits per heavy atom. The van der Waals surface area contributed by atoms with Crippen molar-refractivity contribution >= 4 is 7.12 Å². The Kier molecular flexibility index (Phi) is 3.56. The van der Waals surface area contributed by atoms with Crippen LogP contribution in [0.5, 0.6) is 0 Å². The molecule has 2 rings (SSSR count). The molecule has 1 N–H and O–H groups in total. The second-order valence-electron chi connectivity index (χ2n) is 6.14. The van der Waals surface area contributed by atoms with Crippen molar-refractivity contribution in [3.8, 4) is 0 Å². The quantitative estimate of drug-likeness (QED) is 0.758. The highest BCUT2D eigenvalue weighted by atomic mass is 16.7. The van der Waals surface area contributed by atoms with Crippen LogP contribution in [0.4, 0.5) is 0 Å². The minimum Gasteiger partial charge on any atom is -0.402 e. The van der Waals surface area contributed by atoms with Gasteiger partial charge in [-0.25, -0.2) is 0 Å². The van der Waals surface area contributed by atoms with Crippen LogP contribution in [0.2, 0.25) is 0 Å². The predicted molar refractivity (Wildman–Crippen MR) is 67.9 cm³/mol. The van der Waals surface area contributed by atoms with Gasteiger partial charge in [-0.05, 0) is 34.1 Å². The summed E-state index contributed by atoms with van der Waals surface area (Å²) in [5, 5.41) is 3.52. The molecule has 2 atom stereocenters. The molecule has 2 heterocycles. The fraction of sp³-hybridized carbons (Fsp3) is 1.00. The van der Waals surface area contributed by atoms with Crippen molar-refractivity contribution < 1.29 is 14.0 Å². The Balaban J connectivity index is 1.91. The van der Waals surface area contributed by atoms with E-state index in [4.69, 9.17) is 14.0 Å². The summed E-state index contributed by atoms with van der Waals surface area (Å²) in [6.45, 7) is 12.1. The van der Waals surface area contributed by atoms with Crippen LogP contribution in [0.1, 0.15) is 41.0 Å². The number of rotatable bonds is 3. The average molecular weight is 241 g/mol. The van der Waals surface area contributed by atoms with E-state index in [1.807, 2.05) is 0 Å². The van der Waals surface area contributed by atoms with Gasteiger partial charge < -0.3 is 19.4 Å². The van der Waals surface area contributed by atoms with Gasteiger partial charge in [-0.1, -0.05) is 6.92 Å². The molecule has 0 aromatic rings. The monoisotopic (exact) mass is 241 g/mol. The lowest BCUT2D eigenvalue weighted by molar-refractivity contribution is 0.00578. The van der Waals surface area contributed by atoms with Crippen molar-refractivity contribution in [3.63, 3.8) is 0 Å². The van der Waals surface area contributed by atoms with Crippen LogP contribution < -0.4 is 5.32 Å². The smallest absolute Gasteiger partial charge is 0.402 e. The van der Waals surface area contributed by atoms with Gasteiger partial charge in [0.2, 0.25) is 0 Å². The molecule has 2 saturated heterocycles. The average Bonchev–Trinajstić information content (AvgIpc) is 2.74. The third-order valence-electron chi connectivity index (χ3n) is 4.11. The first-order chi connectivity index (χ1) is 7.82. The molecule has 1 unspecified atom stereocenters. The molecule has 2 fully saturated rings. The van der Waals surface area contributed by atoms with Crippen LogP contribution in [0.3, 0.4) is 0 Å². The van der Waals surface area contributed by atoms with Gasteiger partial charge in [0.1, 0.15) is 0 Å². The maximum Gasteiger partial charge on any atom is 0.475 e. The molecule has 4 nitrogen and oxygen atoms in total. The van der Waals surface area contributed by atoms with E-state index in [0.717, 1.165) is 19.6 Å². The van der Waals surface area contributed by atoms with Crippen LogP contribution in [0.25, 0.3) is 0 Å². The number of nitrogens with one attached hydrogen (secondary N) is 1. The van der Waals surface area contributed by atoms with Crippen molar-refractivity contribution in [1.82, 2.24) is 5.32 Å². The lowest BCUT2D eigenvalue weighted by Gasteiger charge is -2.32. The van der Waals surface area contributed by atoms with Crippen LogP contribution >= 0.6 is 0 Å². The van der Waals surface area contributed by atoms with E-state index in [1.165, 1.54) is 0 Å². The molecule has 0 spiro atoms. The lowest BCUT2D eigenvalue weighted by Crippen LogP contribution is -2.48. The van der Waals surface area contributed by atoms with Gasteiger partial charge in [-0.2, -0.15) is 0 Å². The summed E-state index contributed by atoms with van der Waals surface area (Å²) in [5.74, 6) is 0.183. The minimum absolute atomic E-state index is 0.180. The van der Waals surface area contributed by atoms with Gasteiger partial charge in [0.25, 0.3) is 0 Å². The largest absolute Gasteiger partial charge is 0.475 e. The second kappa shape index (κ2) is 4.54. The molecule has 98 valence electrons. The van der Waals surface area contributed by atoms with E-state index < -0.39 is 0 Å². The van der Waals surface area contributed by atoms with Crippen LogP contribution in [-0.4, -0.2) is 43.5 Å². The van der Waals surface area contributed by atoms with E-state index in [2.05, 4.69) is 39.9 Å². The molecule has 0 aromatic carbocycles. The van der Waals surface area contributed by atoms with Crippen molar-refractivity contribution in [3.05, 3.63) is 0 Å². The minimum atomic E-state index is -0.250. The fourth-order valence-electron chi connectivity index (χ4n) is 2.21. The zero-order valence-electron chi connectivity index (χ0n) is 11.6. The van der Waals surface area contributed by atoms with Gasteiger partial charge >= 0.3 is 7.12 Å². The predicted octanol–water partition coefficient (Wildman–Crippen LogP) is 1.38. The molecule has 0 aliphatic carbocycles. The maximum absolute atomic E-state index is 6.01. The van der Waals surface area contributed by atoms with Crippen LogP contribution in [0.15, 0.2) is 0 Å². The highest BCUT2D eigenvalue weighted by Crippen LogP contribution is 2.37. The standard InChI is InChI=1S/C12H24BNO3/c1-9(14-10-6-7-15-8-10)13-16-11(2,3)12(4,5)17-13/h9-10,14H,6-8H2,1-5H3/t9?,10-/m0/s1. The Bertz CT molecular complexity index is 261. The highest BCUT2D eigenvalue weighted by Gasteiger charge is 2.53. The van der Waals surface area contributed by atoms with Gasteiger partial charge in [0, 0.05) is 18.6 Å². The van der Waals surface area contributed by atoms with E-state index in [-0.39, 0.29) is 24.3 Å². The summed E-state index contributed by atoms with van der Waals surface area (Å²) in [5.41, 5.74) is -0.500. The molecule has 0 radical (unpaired) electrons. The van der Waals surface area contributed by atoms with E-state index in [0.29, 0.717) is 6.04 Å². The molecular weight excluding hydrogens is 217 g/mol. The van der Waals surface area contributed by atoms with E-state index in [9.17, 15) is 0 Å². The zero-order chi connectivity index (χ0) is 12.7. The topological polar surface area (TPSA) is 39.7 Å². The number of ether oxygens (including phenoxy) is 1. The summed E-state index contributed by atoms with van der Waals surface area (Å²) in [6, 6.07) is 0.434. The Morgan fingerprint density at radius 3 is 2.24 bits per heavy atom. The van der Waals surface area contributed by atoms with Crippen molar-refractivity contribution in [1.29, 1.82) is 0 Å². The fourth-order valence-corrected chi connectivity index (χ4v) is 2.21. The van der Waals surface area contributed by atoms with Gasteiger partial charge in [0.15, 0.2) is 0 Å². The summed E-state index contributed by atoms with van der Waals surface area (Å²) in [7, 11) is -0.180. The molecule has 0 aromatic heterocycles. The summed E-state index contributed by atoms with van der Waals surface area (Å²) in [6.07, 6.45) is 1.07. The molecular formula is C12H24BNO3. The number of hydrogen-bond donors (Lipinski definition) is 1. The Labute approximate surface area is 105 Å². The zero-order valence-corrected chi connectivity index (χ0v) is 11.6. The van der Waals surface area contributed by atoms with Crippen LogP contribution in [0, 0.1) is 0 Å². The normalized spacial score (nSPS) is 33.0. The number of hydrogen-bond acceptors (Lipinski definition) is 4. The first-order valence-corrected chi connectivity index (χ1v) is 6.51. The summed E-state index contributed by atoms with van der Waals surface area (Å²) in [4.78, 5) is 0. The molecule has 0 amide bonds. The SMILES string of the molecule is CC(N[C@H]1CCOC1)B1OC(C)(C)C(C)(C)O1.